The minimum Gasteiger partial charge on any atom is -0.397 e. The van der Waals surface area contributed by atoms with E-state index in [4.69, 9.17) is 17.3 Å². The van der Waals surface area contributed by atoms with Gasteiger partial charge in [0, 0.05) is 20.8 Å². The lowest BCUT2D eigenvalue weighted by atomic mass is 10.1. The van der Waals surface area contributed by atoms with Crippen molar-refractivity contribution in [3.05, 3.63) is 44.6 Å². The minimum absolute atomic E-state index is 0.235. The third-order valence-electron chi connectivity index (χ3n) is 2.93. The number of aryl methyl sites for hydroxylation is 2. The molecule has 1 aromatic carbocycles. The van der Waals surface area contributed by atoms with Crippen molar-refractivity contribution in [3.8, 4) is 0 Å². The van der Waals surface area contributed by atoms with Crippen LogP contribution in [0.15, 0.2) is 24.3 Å². The van der Waals surface area contributed by atoms with Crippen LogP contribution in [0.3, 0.4) is 0 Å². The molecule has 0 saturated heterocycles. The van der Waals surface area contributed by atoms with Gasteiger partial charge in [0.2, 0.25) is 0 Å². The lowest BCUT2D eigenvalue weighted by molar-refractivity contribution is 0.882. The van der Waals surface area contributed by atoms with Crippen LogP contribution in [0.1, 0.15) is 28.3 Å². The molecule has 2 nitrogen and oxygen atoms in total. The van der Waals surface area contributed by atoms with Gasteiger partial charge in [-0.1, -0.05) is 11.6 Å². The Morgan fingerprint density at radius 1 is 1.28 bits per heavy atom. The van der Waals surface area contributed by atoms with Crippen LogP contribution >= 0.6 is 22.9 Å². The summed E-state index contributed by atoms with van der Waals surface area (Å²) in [5.74, 6) is 0. The van der Waals surface area contributed by atoms with Crippen LogP contribution in [0, 0.1) is 13.8 Å². The lowest BCUT2D eigenvalue weighted by Crippen LogP contribution is -2.08. The van der Waals surface area contributed by atoms with E-state index in [2.05, 4.69) is 32.2 Å². The molecule has 0 radical (unpaired) electrons. The molecule has 0 bridgehead atoms. The summed E-state index contributed by atoms with van der Waals surface area (Å²) in [5.41, 5.74) is 8.88. The molecule has 0 aliphatic heterocycles. The first-order valence-electron chi connectivity index (χ1n) is 5.86. The standard InChI is InChI=1S/C14H17ClN2S/c1-8-6-12(10(3)18-8)9(2)17-14-5-4-11(15)7-13(14)16/h4-7,9,17H,16H2,1-3H3. The molecule has 1 aromatic heterocycles. The van der Waals surface area contributed by atoms with Gasteiger partial charge >= 0.3 is 0 Å². The average Bonchev–Trinajstić information content (AvgIpc) is 2.62. The first-order valence-corrected chi connectivity index (χ1v) is 7.05. The Morgan fingerprint density at radius 2 is 2.00 bits per heavy atom. The molecule has 0 fully saturated rings. The molecule has 1 heterocycles. The Balaban J connectivity index is 2.21. The number of nitrogen functional groups attached to an aromatic ring is 1. The highest BCUT2D eigenvalue weighted by Crippen LogP contribution is 2.31. The molecule has 18 heavy (non-hydrogen) atoms. The highest BCUT2D eigenvalue weighted by atomic mass is 35.5. The van der Waals surface area contributed by atoms with Gasteiger partial charge in [-0.25, -0.2) is 0 Å². The molecule has 4 heteroatoms. The second-order valence-corrected chi connectivity index (χ2v) is 6.36. The van der Waals surface area contributed by atoms with Gasteiger partial charge in [0.1, 0.15) is 0 Å². The van der Waals surface area contributed by atoms with Crippen molar-refractivity contribution in [2.75, 3.05) is 11.1 Å². The number of thiophene rings is 1. The van der Waals surface area contributed by atoms with Crippen molar-refractivity contribution >= 4 is 34.3 Å². The number of nitrogens with two attached hydrogens (primary N) is 1. The Bertz CT molecular complexity index is 563. The van der Waals surface area contributed by atoms with E-state index in [-0.39, 0.29) is 6.04 Å². The van der Waals surface area contributed by atoms with E-state index in [0.717, 1.165) is 5.69 Å². The Labute approximate surface area is 117 Å². The summed E-state index contributed by atoms with van der Waals surface area (Å²) in [7, 11) is 0. The molecule has 1 atom stereocenters. The lowest BCUT2D eigenvalue weighted by Gasteiger charge is -2.17. The fraction of sp³-hybridized carbons (Fsp3) is 0.286. The van der Waals surface area contributed by atoms with Gasteiger partial charge < -0.3 is 11.1 Å². The van der Waals surface area contributed by atoms with E-state index in [1.54, 1.807) is 6.07 Å². The fourth-order valence-corrected chi connectivity index (χ4v) is 3.26. The number of rotatable bonds is 3. The molecule has 1 unspecified atom stereocenters. The average molecular weight is 281 g/mol. The molecule has 0 amide bonds. The van der Waals surface area contributed by atoms with Crippen molar-refractivity contribution < 1.29 is 0 Å². The number of nitrogens with one attached hydrogen (secondary N) is 1. The maximum absolute atomic E-state index is 5.95. The predicted octanol–water partition coefficient (Wildman–Crippen LogP) is 4.77. The molecule has 2 aromatic rings. The van der Waals surface area contributed by atoms with Gasteiger partial charge in [-0.2, -0.15) is 0 Å². The third-order valence-corrected chi connectivity index (χ3v) is 4.15. The first kappa shape index (κ1) is 13.2. The van der Waals surface area contributed by atoms with Crippen molar-refractivity contribution in [2.45, 2.75) is 26.8 Å². The molecule has 2 rings (SSSR count). The van der Waals surface area contributed by atoms with Gasteiger partial charge in [0.05, 0.1) is 11.4 Å². The number of hydrogen-bond acceptors (Lipinski definition) is 3. The highest BCUT2D eigenvalue weighted by molar-refractivity contribution is 7.12. The van der Waals surface area contributed by atoms with Crippen LogP contribution in [0.25, 0.3) is 0 Å². The predicted molar refractivity (Wildman–Crippen MR) is 81.7 cm³/mol. The summed E-state index contributed by atoms with van der Waals surface area (Å²) in [5, 5.41) is 4.09. The Hall–Kier alpha value is -1.19. The molecule has 0 aliphatic rings. The zero-order valence-corrected chi connectivity index (χ0v) is 12.3. The second-order valence-electron chi connectivity index (χ2n) is 4.47. The summed E-state index contributed by atoms with van der Waals surface area (Å²) >= 11 is 7.72. The SMILES string of the molecule is Cc1cc(C(C)Nc2ccc(Cl)cc2N)c(C)s1. The monoisotopic (exact) mass is 280 g/mol. The second kappa shape index (κ2) is 5.21. The summed E-state index contributed by atoms with van der Waals surface area (Å²) in [4.78, 5) is 2.68. The maximum Gasteiger partial charge on any atom is 0.0579 e. The molecule has 96 valence electrons. The molecule has 0 aliphatic carbocycles. The van der Waals surface area contributed by atoms with Crippen LogP contribution in [0.5, 0.6) is 0 Å². The van der Waals surface area contributed by atoms with Gasteiger partial charge in [-0.3, -0.25) is 0 Å². The number of hydrogen-bond donors (Lipinski definition) is 2. The molecular weight excluding hydrogens is 264 g/mol. The number of anilines is 2. The topological polar surface area (TPSA) is 38.0 Å². The van der Waals surface area contributed by atoms with E-state index < -0.39 is 0 Å². The quantitative estimate of drug-likeness (QED) is 0.795. The normalized spacial score (nSPS) is 12.4. The minimum atomic E-state index is 0.235. The summed E-state index contributed by atoms with van der Waals surface area (Å²) < 4.78 is 0. The fourth-order valence-electron chi connectivity index (χ4n) is 2.06. The van der Waals surface area contributed by atoms with E-state index in [9.17, 15) is 0 Å². The Morgan fingerprint density at radius 3 is 2.56 bits per heavy atom. The zero-order valence-electron chi connectivity index (χ0n) is 10.8. The van der Waals surface area contributed by atoms with Gasteiger partial charge in [-0.05, 0) is 50.6 Å². The van der Waals surface area contributed by atoms with Crippen molar-refractivity contribution in [2.24, 2.45) is 0 Å². The number of benzene rings is 1. The van der Waals surface area contributed by atoms with E-state index in [1.165, 1.54) is 15.3 Å². The highest BCUT2D eigenvalue weighted by Gasteiger charge is 2.12. The van der Waals surface area contributed by atoms with Crippen molar-refractivity contribution in [1.29, 1.82) is 0 Å². The van der Waals surface area contributed by atoms with E-state index >= 15 is 0 Å². The smallest absolute Gasteiger partial charge is 0.0579 e. The maximum atomic E-state index is 5.95. The van der Waals surface area contributed by atoms with Crippen molar-refractivity contribution in [1.82, 2.24) is 0 Å². The number of halogens is 1. The van der Waals surface area contributed by atoms with Crippen LogP contribution in [0.2, 0.25) is 5.02 Å². The summed E-state index contributed by atoms with van der Waals surface area (Å²) in [6.45, 7) is 6.42. The van der Waals surface area contributed by atoms with Crippen LogP contribution in [-0.2, 0) is 0 Å². The molecule has 0 spiro atoms. The van der Waals surface area contributed by atoms with E-state index in [0.29, 0.717) is 10.7 Å². The first-order chi connectivity index (χ1) is 8.47. The molecule has 0 saturated carbocycles. The van der Waals surface area contributed by atoms with Crippen LogP contribution in [-0.4, -0.2) is 0 Å². The third kappa shape index (κ3) is 2.79. The summed E-state index contributed by atoms with van der Waals surface area (Å²) in [6.07, 6.45) is 0. The van der Waals surface area contributed by atoms with Gasteiger partial charge in [-0.15, -0.1) is 11.3 Å². The molecular formula is C14H17ClN2S. The zero-order chi connectivity index (χ0) is 13.3. The molecule has 3 N–H and O–H groups in total. The van der Waals surface area contributed by atoms with Crippen LogP contribution in [0.4, 0.5) is 11.4 Å². The van der Waals surface area contributed by atoms with E-state index in [1.807, 2.05) is 23.5 Å². The summed E-state index contributed by atoms with van der Waals surface area (Å²) in [6, 6.07) is 7.99. The van der Waals surface area contributed by atoms with Crippen LogP contribution < -0.4 is 11.1 Å². The van der Waals surface area contributed by atoms with Gasteiger partial charge in [0.25, 0.3) is 0 Å². The Kier molecular flexibility index (Phi) is 3.83. The van der Waals surface area contributed by atoms with Crippen molar-refractivity contribution in [3.63, 3.8) is 0 Å². The van der Waals surface area contributed by atoms with Gasteiger partial charge in [0.15, 0.2) is 0 Å². The largest absolute Gasteiger partial charge is 0.397 e.